The molecule has 1 aliphatic heterocycles. The number of amides is 2. The van der Waals surface area contributed by atoms with Gasteiger partial charge < -0.3 is 10.2 Å². The van der Waals surface area contributed by atoms with Crippen molar-refractivity contribution in [3.63, 3.8) is 0 Å². The van der Waals surface area contributed by atoms with E-state index in [1.807, 2.05) is 19.1 Å². The van der Waals surface area contributed by atoms with Crippen molar-refractivity contribution in [1.29, 1.82) is 0 Å². The van der Waals surface area contributed by atoms with Crippen molar-refractivity contribution in [2.75, 3.05) is 16.8 Å². The molecule has 7 heteroatoms. The van der Waals surface area contributed by atoms with E-state index in [9.17, 15) is 22.8 Å². The quantitative estimate of drug-likeness (QED) is 0.897. The van der Waals surface area contributed by atoms with Crippen LogP contribution in [0, 0.1) is 12.8 Å². The van der Waals surface area contributed by atoms with Crippen LogP contribution in [-0.2, 0) is 15.8 Å². The van der Waals surface area contributed by atoms with E-state index in [1.54, 1.807) is 12.1 Å². The lowest BCUT2D eigenvalue weighted by Crippen LogP contribution is -2.28. The molecule has 1 N–H and O–H groups in total. The molecular weight excluding hydrogens is 345 g/mol. The molecule has 0 radical (unpaired) electrons. The highest BCUT2D eigenvalue weighted by Crippen LogP contribution is 2.33. The van der Waals surface area contributed by atoms with Crippen LogP contribution in [0.15, 0.2) is 48.5 Å². The van der Waals surface area contributed by atoms with Crippen LogP contribution in [0.25, 0.3) is 0 Å². The van der Waals surface area contributed by atoms with Gasteiger partial charge in [-0.3, -0.25) is 9.59 Å². The van der Waals surface area contributed by atoms with Crippen molar-refractivity contribution in [2.45, 2.75) is 19.5 Å². The molecule has 136 valence electrons. The summed E-state index contributed by atoms with van der Waals surface area (Å²) >= 11 is 0. The first kappa shape index (κ1) is 18.0. The van der Waals surface area contributed by atoms with Crippen LogP contribution >= 0.6 is 0 Å². The zero-order chi connectivity index (χ0) is 18.9. The summed E-state index contributed by atoms with van der Waals surface area (Å²) in [4.78, 5) is 25.9. The van der Waals surface area contributed by atoms with Crippen LogP contribution in [0.1, 0.15) is 17.5 Å². The minimum atomic E-state index is -4.49. The first-order valence-corrected chi connectivity index (χ1v) is 8.10. The van der Waals surface area contributed by atoms with Crippen LogP contribution in [0.4, 0.5) is 24.5 Å². The summed E-state index contributed by atoms with van der Waals surface area (Å²) in [5, 5.41) is 2.78. The van der Waals surface area contributed by atoms with Gasteiger partial charge in [0.2, 0.25) is 11.8 Å². The monoisotopic (exact) mass is 362 g/mol. The molecule has 3 rings (SSSR count). The highest BCUT2D eigenvalue weighted by atomic mass is 19.4. The summed E-state index contributed by atoms with van der Waals surface area (Å²) in [5.74, 6) is -1.30. The average molecular weight is 362 g/mol. The molecule has 0 aliphatic carbocycles. The number of halogens is 3. The SMILES string of the molecule is Cc1ccccc1NC(=O)[C@H]1CC(=O)N(c2cccc(C(F)(F)F)c2)C1. The molecule has 0 spiro atoms. The van der Waals surface area contributed by atoms with Gasteiger partial charge in [0.15, 0.2) is 0 Å². The predicted octanol–water partition coefficient (Wildman–Crippen LogP) is 4.01. The number of alkyl halides is 3. The molecule has 4 nitrogen and oxygen atoms in total. The highest BCUT2D eigenvalue weighted by Gasteiger charge is 2.37. The Morgan fingerprint density at radius 3 is 2.58 bits per heavy atom. The van der Waals surface area contributed by atoms with Crippen LogP contribution in [0.3, 0.4) is 0 Å². The molecule has 1 heterocycles. The van der Waals surface area contributed by atoms with Gasteiger partial charge in [-0.15, -0.1) is 0 Å². The smallest absolute Gasteiger partial charge is 0.326 e. The molecule has 2 aromatic rings. The van der Waals surface area contributed by atoms with Crippen molar-refractivity contribution in [3.8, 4) is 0 Å². The minimum absolute atomic E-state index is 0.0338. The van der Waals surface area contributed by atoms with Crippen molar-refractivity contribution in [3.05, 3.63) is 59.7 Å². The number of rotatable bonds is 3. The number of aryl methyl sites for hydroxylation is 1. The largest absolute Gasteiger partial charge is 0.416 e. The molecule has 0 saturated carbocycles. The van der Waals surface area contributed by atoms with Gasteiger partial charge in [0.05, 0.1) is 11.5 Å². The van der Waals surface area contributed by atoms with Gasteiger partial charge in [0, 0.05) is 24.3 Å². The molecular formula is C19H17F3N2O2. The normalized spacial score (nSPS) is 17.5. The van der Waals surface area contributed by atoms with E-state index in [0.29, 0.717) is 5.69 Å². The summed E-state index contributed by atoms with van der Waals surface area (Å²) in [6.07, 6.45) is -4.52. The number of benzene rings is 2. The molecule has 26 heavy (non-hydrogen) atoms. The van der Waals surface area contributed by atoms with E-state index >= 15 is 0 Å². The van der Waals surface area contributed by atoms with Gasteiger partial charge in [-0.25, -0.2) is 0 Å². The molecule has 1 saturated heterocycles. The standard InChI is InChI=1S/C19H17F3N2O2/c1-12-5-2-3-8-16(12)23-18(26)13-9-17(25)24(11-13)15-7-4-6-14(10-15)19(20,21)22/h2-8,10,13H,9,11H2,1H3,(H,23,26)/t13-/m0/s1. The number of hydrogen-bond donors (Lipinski definition) is 1. The molecule has 0 bridgehead atoms. The summed E-state index contributed by atoms with van der Waals surface area (Å²) in [6.45, 7) is 1.90. The van der Waals surface area contributed by atoms with E-state index in [2.05, 4.69) is 5.32 Å². The molecule has 0 aromatic heterocycles. The van der Waals surface area contributed by atoms with Crippen LogP contribution in [-0.4, -0.2) is 18.4 Å². The van der Waals surface area contributed by atoms with Gasteiger partial charge in [-0.1, -0.05) is 24.3 Å². The average Bonchev–Trinajstić information content (AvgIpc) is 2.98. The summed E-state index contributed by atoms with van der Waals surface area (Å²) in [5.41, 5.74) is 0.869. The number of nitrogens with one attached hydrogen (secondary N) is 1. The Kier molecular flexibility index (Phi) is 4.71. The van der Waals surface area contributed by atoms with Gasteiger partial charge in [0.1, 0.15) is 0 Å². The van der Waals surface area contributed by atoms with Crippen LogP contribution in [0.5, 0.6) is 0 Å². The Hall–Kier alpha value is -2.83. The topological polar surface area (TPSA) is 49.4 Å². The molecule has 2 aromatic carbocycles. The van der Waals surface area contributed by atoms with Gasteiger partial charge in [0.25, 0.3) is 0 Å². The third-order valence-electron chi connectivity index (χ3n) is 4.38. The first-order chi connectivity index (χ1) is 12.3. The number of hydrogen-bond acceptors (Lipinski definition) is 2. The highest BCUT2D eigenvalue weighted by molar-refractivity contribution is 6.03. The lowest BCUT2D eigenvalue weighted by Gasteiger charge is -2.18. The van der Waals surface area contributed by atoms with E-state index in [4.69, 9.17) is 0 Å². The fourth-order valence-electron chi connectivity index (χ4n) is 2.93. The molecule has 0 unspecified atom stereocenters. The zero-order valence-electron chi connectivity index (χ0n) is 14.0. The second-order valence-electron chi connectivity index (χ2n) is 6.26. The van der Waals surface area contributed by atoms with E-state index in [0.717, 1.165) is 17.7 Å². The van der Waals surface area contributed by atoms with Gasteiger partial charge in [-0.05, 0) is 36.8 Å². The Labute approximate surface area is 148 Å². The minimum Gasteiger partial charge on any atom is -0.326 e. The predicted molar refractivity (Wildman–Crippen MR) is 91.7 cm³/mol. The van der Waals surface area contributed by atoms with Gasteiger partial charge in [-0.2, -0.15) is 13.2 Å². The van der Waals surface area contributed by atoms with E-state index < -0.39 is 17.7 Å². The first-order valence-electron chi connectivity index (χ1n) is 8.10. The maximum Gasteiger partial charge on any atom is 0.416 e. The van der Waals surface area contributed by atoms with Crippen molar-refractivity contribution in [2.24, 2.45) is 5.92 Å². The molecule has 1 atom stereocenters. The summed E-state index contributed by atoms with van der Waals surface area (Å²) < 4.78 is 38.6. The molecule has 1 fully saturated rings. The molecule has 1 aliphatic rings. The van der Waals surface area contributed by atoms with Crippen molar-refractivity contribution >= 4 is 23.2 Å². The zero-order valence-corrected chi connectivity index (χ0v) is 14.0. The van der Waals surface area contributed by atoms with Crippen molar-refractivity contribution in [1.82, 2.24) is 0 Å². The number of nitrogens with zero attached hydrogens (tertiary/aromatic N) is 1. The Morgan fingerprint density at radius 2 is 1.88 bits per heavy atom. The Balaban J connectivity index is 1.75. The number of para-hydroxylation sites is 1. The Morgan fingerprint density at radius 1 is 1.15 bits per heavy atom. The van der Waals surface area contributed by atoms with E-state index in [-0.39, 0.29) is 30.5 Å². The summed E-state index contributed by atoms with van der Waals surface area (Å²) in [6, 6.07) is 11.8. The second-order valence-corrected chi connectivity index (χ2v) is 6.26. The second kappa shape index (κ2) is 6.82. The summed E-state index contributed by atoms with van der Waals surface area (Å²) in [7, 11) is 0. The lowest BCUT2D eigenvalue weighted by molar-refractivity contribution is -0.137. The van der Waals surface area contributed by atoms with Crippen molar-refractivity contribution < 1.29 is 22.8 Å². The number of carbonyl (C=O) groups is 2. The van der Waals surface area contributed by atoms with Crippen LogP contribution < -0.4 is 10.2 Å². The maximum atomic E-state index is 12.9. The number of anilines is 2. The Bertz CT molecular complexity index is 849. The third-order valence-corrected chi connectivity index (χ3v) is 4.38. The fourth-order valence-corrected chi connectivity index (χ4v) is 2.93. The van der Waals surface area contributed by atoms with Gasteiger partial charge >= 0.3 is 6.18 Å². The fraction of sp³-hybridized carbons (Fsp3) is 0.263. The van der Waals surface area contributed by atoms with Crippen LogP contribution in [0.2, 0.25) is 0 Å². The lowest BCUT2D eigenvalue weighted by atomic mass is 10.1. The molecule has 2 amide bonds. The van der Waals surface area contributed by atoms with E-state index in [1.165, 1.54) is 17.0 Å². The maximum absolute atomic E-state index is 12.9. The number of carbonyl (C=O) groups excluding carboxylic acids is 2. The third kappa shape index (κ3) is 3.71.